The SMILES string of the molecule is COC(=O)COc1cccc2c(COC(C)Cc3ccccc3)coc12. The van der Waals surface area contributed by atoms with Crippen LogP contribution in [0.2, 0.25) is 0 Å². The van der Waals surface area contributed by atoms with E-state index in [1.54, 1.807) is 12.3 Å². The molecule has 26 heavy (non-hydrogen) atoms. The highest BCUT2D eigenvalue weighted by Crippen LogP contribution is 2.30. The summed E-state index contributed by atoms with van der Waals surface area (Å²) in [5.74, 6) is 0.0725. The van der Waals surface area contributed by atoms with E-state index in [-0.39, 0.29) is 12.7 Å². The van der Waals surface area contributed by atoms with Gasteiger partial charge in [0, 0.05) is 10.9 Å². The molecule has 0 aliphatic heterocycles. The van der Waals surface area contributed by atoms with Gasteiger partial charge in [0.15, 0.2) is 17.9 Å². The molecule has 0 spiro atoms. The summed E-state index contributed by atoms with van der Waals surface area (Å²) in [4.78, 5) is 11.3. The number of carbonyl (C=O) groups is 1. The number of hydrogen-bond donors (Lipinski definition) is 0. The molecule has 0 fully saturated rings. The third kappa shape index (κ3) is 4.43. The van der Waals surface area contributed by atoms with Crippen molar-refractivity contribution in [1.29, 1.82) is 0 Å². The van der Waals surface area contributed by atoms with Crippen molar-refractivity contribution in [3.05, 3.63) is 65.9 Å². The summed E-state index contributed by atoms with van der Waals surface area (Å²) in [5, 5.41) is 0.916. The van der Waals surface area contributed by atoms with Gasteiger partial charge in [-0.05, 0) is 25.0 Å². The van der Waals surface area contributed by atoms with E-state index >= 15 is 0 Å². The number of furan rings is 1. The molecule has 0 radical (unpaired) electrons. The van der Waals surface area contributed by atoms with Gasteiger partial charge in [-0.1, -0.05) is 42.5 Å². The van der Waals surface area contributed by atoms with Crippen molar-refractivity contribution in [2.45, 2.75) is 26.1 Å². The molecule has 0 amide bonds. The van der Waals surface area contributed by atoms with E-state index in [1.807, 2.05) is 30.3 Å². The lowest BCUT2D eigenvalue weighted by molar-refractivity contribution is -0.142. The summed E-state index contributed by atoms with van der Waals surface area (Å²) in [7, 11) is 1.32. The topological polar surface area (TPSA) is 57.9 Å². The monoisotopic (exact) mass is 354 g/mol. The lowest BCUT2D eigenvalue weighted by atomic mass is 10.1. The van der Waals surface area contributed by atoms with Crippen LogP contribution in [-0.2, 0) is 27.3 Å². The molecule has 0 aliphatic rings. The van der Waals surface area contributed by atoms with Crippen LogP contribution in [0.5, 0.6) is 5.75 Å². The second-order valence-electron chi connectivity index (χ2n) is 6.07. The zero-order chi connectivity index (χ0) is 18.4. The van der Waals surface area contributed by atoms with E-state index in [2.05, 4.69) is 23.8 Å². The number of benzene rings is 2. The van der Waals surface area contributed by atoms with Crippen molar-refractivity contribution in [2.75, 3.05) is 13.7 Å². The Morgan fingerprint density at radius 1 is 1.12 bits per heavy atom. The van der Waals surface area contributed by atoms with Gasteiger partial charge in [0.1, 0.15) is 0 Å². The first-order valence-corrected chi connectivity index (χ1v) is 8.51. The molecule has 0 saturated carbocycles. The number of methoxy groups -OCH3 is 1. The lowest BCUT2D eigenvalue weighted by Gasteiger charge is -2.12. The van der Waals surface area contributed by atoms with Gasteiger partial charge in [0.2, 0.25) is 0 Å². The summed E-state index contributed by atoms with van der Waals surface area (Å²) < 4.78 is 21.7. The van der Waals surface area contributed by atoms with E-state index in [1.165, 1.54) is 12.7 Å². The predicted molar refractivity (Wildman–Crippen MR) is 98.1 cm³/mol. The van der Waals surface area contributed by atoms with Crippen molar-refractivity contribution in [1.82, 2.24) is 0 Å². The maximum absolute atomic E-state index is 11.3. The summed E-state index contributed by atoms with van der Waals surface area (Å²) in [6.07, 6.45) is 2.61. The smallest absolute Gasteiger partial charge is 0.343 e. The Bertz CT molecular complexity index is 853. The number of esters is 1. The van der Waals surface area contributed by atoms with Gasteiger partial charge >= 0.3 is 5.97 Å². The second kappa shape index (κ2) is 8.54. The minimum atomic E-state index is -0.438. The van der Waals surface area contributed by atoms with E-state index in [0.29, 0.717) is 17.9 Å². The van der Waals surface area contributed by atoms with Gasteiger partial charge in [0.25, 0.3) is 0 Å². The number of rotatable bonds is 8. The fourth-order valence-corrected chi connectivity index (χ4v) is 2.74. The Kier molecular flexibility index (Phi) is 5.92. The maximum Gasteiger partial charge on any atom is 0.343 e. The van der Waals surface area contributed by atoms with Gasteiger partial charge in [-0.2, -0.15) is 0 Å². The molecule has 0 bridgehead atoms. The quantitative estimate of drug-likeness (QED) is 0.569. The zero-order valence-corrected chi connectivity index (χ0v) is 14.9. The van der Waals surface area contributed by atoms with Crippen LogP contribution in [-0.4, -0.2) is 25.8 Å². The van der Waals surface area contributed by atoms with Crippen LogP contribution in [0.3, 0.4) is 0 Å². The van der Waals surface area contributed by atoms with Crippen LogP contribution in [0.15, 0.2) is 59.2 Å². The second-order valence-corrected chi connectivity index (χ2v) is 6.07. The van der Waals surface area contributed by atoms with Crippen molar-refractivity contribution in [2.24, 2.45) is 0 Å². The minimum Gasteiger partial charge on any atom is -0.478 e. The Balaban J connectivity index is 1.64. The molecule has 1 heterocycles. The summed E-state index contributed by atoms with van der Waals surface area (Å²) in [5.41, 5.74) is 2.80. The van der Waals surface area contributed by atoms with Crippen molar-refractivity contribution >= 4 is 16.9 Å². The molecule has 136 valence electrons. The van der Waals surface area contributed by atoms with Gasteiger partial charge in [-0.15, -0.1) is 0 Å². The zero-order valence-electron chi connectivity index (χ0n) is 14.9. The molecule has 5 nitrogen and oxygen atoms in total. The van der Waals surface area contributed by atoms with Crippen LogP contribution in [0.1, 0.15) is 18.1 Å². The first kappa shape index (κ1) is 18.0. The fraction of sp³-hybridized carbons (Fsp3) is 0.286. The van der Waals surface area contributed by atoms with E-state index in [4.69, 9.17) is 13.9 Å². The Labute approximate surface area is 152 Å². The van der Waals surface area contributed by atoms with Crippen molar-refractivity contribution < 1.29 is 23.4 Å². The predicted octanol–water partition coefficient (Wildman–Crippen LogP) is 4.13. The normalized spacial score (nSPS) is 12.1. The van der Waals surface area contributed by atoms with E-state index in [0.717, 1.165) is 17.4 Å². The molecule has 1 unspecified atom stereocenters. The number of carbonyl (C=O) groups excluding carboxylic acids is 1. The highest BCUT2D eigenvalue weighted by molar-refractivity contribution is 5.86. The molecule has 1 atom stereocenters. The summed E-state index contributed by atoms with van der Waals surface area (Å²) >= 11 is 0. The summed E-state index contributed by atoms with van der Waals surface area (Å²) in [6, 6.07) is 15.8. The highest BCUT2D eigenvalue weighted by Gasteiger charge is 2.13. The Morgan fingerprint density at radius 2 is 1.92 bits per heavy atom. The number of fused-ring (bicyclic) bond motifs is 1. The molecular formula is C21H22O5. The number of para-hydroxylation sites is 1. The molecule has 3 rings (SSSR count). The molecule has 0 saturated heterocycles. The van der Waals surface area contributed by atoms with Crippen LogP contribution in [0, 0.1) is 0 Å². The lowest BCUT2D eigenvalue weighted by Crippen LogP contribution is -2.12. The number of ether oxygens (including phenoxy) is 3. The fourth-order valence-electron chi connectivity index (χ4n) is 2.74. The third-order valence-corrected chi connectivity index (χ3v) is 4.11. The first-order chi connectivity index (χ1) is 12.7. The molecule has 1 aromatic heterocycles. The minimum absolute atomic E-state index is 0.0844. The largest absolute Gasteiger partial charge is 0.478 e. The average Bonchev–Trinajstić information content (AvgIpc) is 3.09. The Morgan fingerprint density at radius 3 is 2.69 bits per heavy atom. The third-order valence-electron chi connectivity index (χ3n) is 4.11. The first-order valence-electron chi connectivity index (χ1n) is 8.51. The molecule has 5 heteroatoms. The van der Waals surface area contributed by atoms with Crippen LogP contribution in [0.25, 0.3) is 11.0 Å². The average molecular weight is 354 g/mol. The van der Waals surface area contributed by atoms with Crippen LogP contribution in [0.4, 0.5) is 0 Å². The van der Waals surface area contributed by atoms with Gasteiger partial charge in [-0.25, -0.2) is 4.79 Å². The summed E-state index contributed by atoms with van der Waals surface area (Å²) in [6.45, 7) is 2.35. The standard InChI is InChI=1S/C21H22O5/c1-15(11-16-7-4-3-5-8-16)24-12-17-13-26-21-18(17)9-6-10-19(21)25-14-20(22)23-2/h3-10,13,15H,11-12,14H2,1-2H3. The molecule has 0 aliphatic carbocycles. The van der Waals surface area contributed by atoms with Crippen molar-refractivity contribution in [3.8, 4) is 5.75 Å². The van der Waals surface area contributed by atoms with Crippen LogP contribution >= 0.6 is 0 Å². The molecule has 0 N–H and O–H groups in total. The molecular weight excluding hydrogens is 332 g/mol. The highest BCUT2D eigenvalue weighted by atomic mass is 16.6. The number of hydrogen-bond acceptors (Lipinski definition) is 5. The van der Waals surface area contributed by atoms with Crippen molar-refractivity contribution in [3.63, 3.8) is 0 Å². The van der Waals surface area contributed by atoms with Crippen LogP contribution < -0.4 is 4.74 Å². The van der Waals surface area contributed by atoms with Gasteiger partial charge in [0.05, 0.1) is 26.1 Å². The molecule has 3 aromatic rings. The van der Waals surface area contributed by atoms with E-state index < -0.39 is 5.97 Å². The Hall–Kier alpha value is -2.79. The van der Waals surface area contributed by atoms with E-state index in [9.17, 15) is 4.79 Å². The van der Waals surface area contributed by atoms with Gasteiger partial charge < -0.3 is 18.6 Å². The molecule has 2 aromatic carbocycles. The maximum atomic E-state index is 11.3. The van der Waals surface area contributed by atoms with Gasteiger partial charge in [-0.3, -0.25) is 0 Å².